The van der Waals surface area contributed by atoms with Crippen LogP contribution in [0, 0.1) is 0 Å². The van der Waals surface area contributed by atoms with Crippen LogP contribution in [-0.4, -0.2) is 49.1 Å². The Morgan fingerprint density at radius 2 is 1.86 bits per heavy atom. The Labute approximate surface area is 125 Å². The number of Topliss-reactive ketones (excluding diaryl/α,β-unsaturated/α-hetero) is 1. The number of alkyl halides is 3. The smallest absolute Gasteiger partial charge is 0.382 e. The molecule has 1 aliphatic heterocycles. The molecule has 1 aromatic heterocycles. The van der Waals surface area contributed by atoms with Crippen molar-refractivity contribution in [1.29, 1.82) is 0 Å². The van der Waals surface area contributed by atoms with Gasteiger partial charge in [0.25, 0.3) is 0 Å². The second kappa shape index (κ2) is 5.13. The number of sulfonamides is 1. The van der Waals surface area contributed by atoms with Crippen molar-refractivity contribution in [2.45, 2.75) is 12.8 Å². The summed E-state index contributed by atoms with van der Waals surface area (Å²) in [6, 6.07) is 1.76. The summed E-state index contributed by atoms with van der Waals surface area (Å²) in [4.78, 5) is 13.2. The molecule has 0 radical (unpaired) electrons. The van der Waals surface area contributed by atoms with E-state index in [1.54, 1.807) is 0 Å². The van der Waals surface area contributed by atoms with Crippen LogP contribution in [0.1, 0.15) is 16.2 Å². The molecular formula is C12H14F3N3O3S. The van der Waals surface area contributed by atoms with Crippen molar-refractivity contribution in [3.05, 3.63) is 34.6 Å². The first-order valence-electron chi connectivity index (χ1n) is 6.12. The molecule has 0 amide bonds. The van der Waals surface area contributed by atoms with Gasteiger partial charge in [-0.1, -0.05) is 0 Å². The fourth-order valence-electron chi connectivity index (χ4n) is 2.11. The van der Waals surface area contributed by atoms with Crippen molar-refractivity contribution >= 4 is 15.8 Å². The van der Waals surface area contributed by atoms with Crippen LogP contribution in [0.3, 0.4) is 0 Å². The second-order valence-corrected chi connectivity index (χ2v) is 7.07. The normalized spacial score (nSPS) is 20.8. The highest BCUT2D eigenvalue weighted by Gasteiger charge is 2.41. The summed E-state index contributed by atoms with van der Waals surface area (Å²) < 4.78 is 64.9. The number of nitrogens with zero attached hydrogens (tertiary/aromatic N) is 3. The Balaban J connectivity index is 2.72. The minimum Gasteiger partial charge on any atom is -0.382 e. The molecular weight excluding hydrogens is 323 g/mol. The van der Waals surface area contributed by atoms with Crippen LogP contribution in [0.25, 0.3) is 0 Å². The Bertz CT molecular complexity index is 747. The molecule has 10 heteroatoms. The van der Waals surface area contributed by atoms with Crippen LogP contribution in [-0.2, 0) is 22.9 Å². The average Bonchev–Trinajstić information content (AvgIpc) is 2.75. The molecule has 0 aliphatic carbocycles. The maximum atomic E-state index is 13.0. The number of hydrogen-bond donors (Lipinski definition) is 0. The average molecular weight is 337 g/mol. The predicted molar refractivity (Wildman–Crippen MR) is 72.2 cm³/mol. The highest BCUT2D eigenvalue weighted by molar-refractivity contribution is 7.94. The van der Waals surface area contributed by atoms with Gasteiger partial charge >= 0.3 is 6.18 Å². The lowest BCUT2D eigenvalue weighted by molar-refractivity contribution is -0.144. The van der Waals surface area contributed by atoms with E-state index in [0.717, 1.165) is 25.4 Å². The van der Waals surface area contributed by atoms with Crippen LogP contribution < -0.4 is 0 Å². The quantitative estimate of drug-likeness (QED) is 0.725. The van der Waals surface area contributed by atoms with E-state index in [4.69, 9.17) is 0 Å². The lowest BCUT2D eigenvalue weighted by atomic mass is 10.2. The maximum Gasteiger partial charge on any atom is 0.431 e. The SMILES string of the molecule is CN(C)C=C1C(=O)c2ccc(C(F)(F)F)n2CN(C)S1(=O)=O. The number of carbonyl (C=O) groups is 1. The van der Waals surface area contributed by atoms with Crippen molar-refractivity contribution in [3.63, 3.8) is 0 Å². The summed E-state index contributed by atoms with van der Waals surface area (Å²) in [6.07, 6.45) is -3.59. The fraction of sp³-hybridized carbons (Fsp3) is 0.417. The van der Waals surface area contributed by atoms with Gasteiger partial charge < -0.3 is 9.47 Å². The lowest BCUT2D eigenvalue weighted by Gasteiger charge is -2.18. The summed E-state index contributed by atoms with van der Waals surface area (Å²) in [5.74, 6) is -0.964. The van der Waals surface area contributed by atoms with E-state index in [-0.39, 0.29) is 5.69 Å². The zero-order valence-electron chi connectivity index (χ0n) is 12.0. The first-order chi connectivity index (χ1) is 9.96. The molecule has 0 atom stereocenters. The highest BCUT2D eigenvalue weighted by Crippen LogP contribution is 2.34. The number of ketones is 1. The van der Waals surface area contributed by atoms with E-state index in [2.05, 4.69) is 0 Å². The number of hydrogen-bond acceptors (Lipinski definition) is 4. The number of carbonyl (C=O) groups excluding carboxylic acids is 1. The first kappa shape index (κ1) is 16.6. The third-order valence-electron chi connectivity index (χ3n) is 3.13. The third kappa shape index (κ3) is 2.63. The minimum atomic E-state index is -4.68. The van der Waals surface area contributed by atoms with Gasteiger partial charge in [-0.2, -0.15) is 17.5 Å². The van der Waals surface area contributed by atoms with Crippen LogP contribution in [0.2, 0.25) is 0 Å². The summed E-state index contributed by atoms with van der Waals surface area (Å²) in [5, 5.41) is 0. The summed E-state index contributed by atoms with van der Waals surface area (Å²) in [5.41, 5.74) is -1.38. The number of halogens is 3. The fourth-order valence-corrected chi connectivity index (χ4v) is 3.40. The van der Waals surface area contributed by atoms with Crippen LogP contribution in [0.4, 0.5) is 13.2 Å². The summed E-state index contributed by atoms with van der Waals surface area (Å²) in [6.45, 7) is -0.587. The Morgan fingerprint density at radius 3 is 2.36 bits per heavy atom. The van der Waals surface area contributed by atoms with Crippen molar-refractivity contribution in [3.8, 4) is 0 Å². The molecule has 1 aromatic rings. The molecule has 0 bridgehead atoms. The summed E-state index contributed by atoms with van der Waals surface area (Å²) >= 11 is 0. The van der Waals surface area contributed by atoms with Gasteiger partial charge in [0, 0.05) is 27.3 Å². The Kier molecular flexibility index (Phi) is 3.86. The van der Waals surface area contributed by atoms with E-state index in [1.807, 2.05) is 0 Å². The van der Waals surface area contributed by atoms with E-state index in [9.17, 15) is 26.4 Å². The minimum absolute atomic E-state index is 0.312. The number of aromatic nitrogens is 1. The van der Waals surface area contributed by atoms with Gasteiger partial charge in [-0.05, 0) is 12.1 Å². The molecule has 6 nitrogen and oxygen atoms in total. The van der Waals surface area contributed by atoms with Crippen molar-refractivity contribution < 1.29 is 26.4 Å². The number of fused-ring (bicyclic) bond motifs is 1. The van der Waals surface area contributed by atoms with Gasteiger partial charge in [0.1, 0.15) is 10.6 Å². The lowest BCUT2D eigenvalue weighted by Crippen LogP contribution is -2.30. The van der Waals surface area contributed by atoms with Crippen LogP contribution in [0.5, 0.6) is 0 Å². The molecule has 2 rings (SSSR count). The highest BCUT2D eigenvalue weighted by atomic mass is 32.2. The van der Waals surface area contributed by atoms with Gasteiger partial charge in [-0.25, -0.2) is 8.42 Å². The molecule has 0 unspecified atom stereocenters. The molecule has 1 aliphatic rings. The Hall–Kier alpha value is -1.81. The molecule has 0 aromatic carbocycles. The molecule has 0 saturated heterocycles. The van der Waals surface area contributed by atoms with Crippen molar-refractivity contribution in [2.75, 3.05) is 21.1 Å². The van der Waals surface area contributed by atoms with Crippen LogP contribution in [0.15, 0.2) is 23.2 Å². The van der Waals surface area contributed by atoms with Crippen molar-refractivity contribution in [1.82, 2.24) is 13.8 Å². The standard InChI is InChI=1S/C12H14F3N3O3S/c1-16(2)6-9-11(19)8-4-5-10(12(13,14)15)18(8)7-17(3)22(9,20)21/h4-6H,7H2,1-3H3. The topological polar surface area (TPSA) is 62.6 Å². The largest absolute Gasteiger partial charge is 0.431 e. The monoisotopic (exact) mass is 337 g/mol. The second-order valence-electron chi connectivity index (χ2n) is 5.06. The van der Waals surface area contributed by atoms with E-state index >= 15 is 0 Å². The van der Waals surface area contributed by atoms with Gasteiger partial charge in [0.05, 0.1) is 12.4 Å². The number of rotatable bonds is 1. The zero-order valence-corrected chi connectivity index (χ0v) is 12.9. The predicted octanol–water partition coefficient (Wildman–Crippen LogP) is 1.33. The molecule has 22 heavy (non-hydrogen) atoms. The summed E-state index contributed by atoms with van der Waals surface area (Å²) in [7, 11) is -0.0119. The first-order valence-corrected chi connectivity index (χ1v) is 7.56. The zero-order chi connectivity index (χ0) is 16.9. The molecule has 0 fully saturated rings. The molecule has 0 N–H and O–H groups in total. The Morgan fingerprint density at radius 1 is 1.27 bits per heavy atom. The van der Waals surface area contributed by atoms with Gasteiger partial charge in [0.15, 0.2) is 0 Å². The van der Waals surface area contributed by atoms with E-state index < -0.39 is 39.3 Å². The van der Waals surface area contributed by atoms with Gasteiger partial charge in [-0.15, -0.1) is 0 Å². The van der Waals surface area contributed by atoms with E-state index in [1.165, 1.54) is 19.0 Å². The van der Waals surface area contributed by atoms with Gasteiger partial charge in [-0.3, -0.25) is 4.79 Å². The maximum absolute atomic E-state index is 13.0. The van der Waals surface area contributed by atoms with Crippen LogP contribution >= 0.6 is 0 Å². The van der Waals surface area contributed by atoms with E-state index in [0.29, 0.717) is 8.87 Å². The molecule has 2 heterocycles. The third-order valence-corrected chi connectivity index (χ3v) is 4.91. The van der Waals surface area contributed by atoms with Gasteiger partial charge in [0.2, 0.25) is 15.8 Å². The molecule has 122 valence electrons. The molecule has 0 spiro atoms. The van der Waals surface area contributed by atoms with Crippen molar-refractivity contribution in [2.24, 2.45) is 0 Å². The molecule has 0 saturated carbocycles. The number of allylic oxidation sites excluding steroid dienone is 1.